The lowest BCUT2D eigenvalue weighted by molar-refractivity contribution is -0.114. The first-order valence-electron chi connectivity index (χ1n) is 11.3. The van der Waals surface area contributed by atoms with Gasteiger partial charge >= 0.3 is 0 Å². The van der Waals surface area contributed by atoms with Gasteiger partial charge in [-0.2, -0.15) is 0 Å². The Labute approximate surface area is 191 Å². The van der Waals surface area contributed by atoms with Crippen LogP contribution in [0.4, 0.5) is 5.69 Å². The molecule has 8 heteroatoms. The van der Waals surface area contributed by atoms with E-state index in [-0.39, 0.29) is 35.1 Å². The number of piperidine rings is 1. The van der Waals surface area contributed by atoms with Crippen LogP contribution in [0.3, 0.4) is 0 Å². The third kappa shape index (κ3) is 3.91. The Kier molecular flexibility index (Phi) is 5.46. The molecule has 170 valence electrons. The molecule has 2 aliphatic heterocycles. The van der Waals surface area contributed by atoms with Crippen molar-refractivity contribution in [3.05, 3.63) is 80.6 Å². The number of carbonyl (C=O) groups excluding carboxylic acids is 1. The van der Waals surface area contributed by atoms with Crippen LogP contribution in [-0.2, 0) is 18.4 Å². The molecule has 1 aromatic carbocycles. The van der Waals surface area contributed by atoms with Gasteiger partial charge in [0, 0.05) is 44.4 Å². The number of ketones is 1. The summed E-state index contributed by atoms with van der Waals surface area (Å²) < 4.78 is 5.19. The molecule has 8 nitrogen and oxygen atoms in total. The lowest BCUT2D eigenvalue weighted by Crippen LogP contribution is -2.48. The topological polar surface area (TPSA) is 81.6 Å². The van der Waals surface area contributed by atoms with E-state index >= 15 is 0 Å². The monoisotopic (exact) mass is 445 g/mol. The number of hydrogen-bond acceptors (Lipinski definition) is 5. The predicted octanol–water partition coefficient (Wildman–Crippen LogP) is 2.04. The Bertz CT molecular complexity index is 1350. The highest BCUT2D eigenvalue weighted by Crippen LogP contribution is 2.34. The van der Waals surface area contributed by atoms with Crippen LogP contribution >= 0.6 is 0 Å². The highest BCUT2D eigenvalue weighted by Gasteiger charge is 2.34. The van der Waals surface area contributed by atoms with Gasteiger partial charge in [0.1, 0.15) is 0 Å². The molecule has 1 saturated heterocycles. The Morgan fingerprint density at radius 2 is 1.85 bits per heavy atom. The Balaban J connectivity index is 1.31. The van der Waals surface area contributed by atoms with Gasteiger partial charge < -0.3 is 4.57 Å². The summed E-state index contributed by atoms with van der Waals surface area (Å²) in [5.74, 6) is 0.482. The molecule has 0 aliphatic carbocycles. The van der Waals surface area contributed by atoms with Crippen LogP contribution in [0.5, 0.6) is 0 Å². The van der Waals surface area contributed by atoms with Crippen molar-refractivity contribution in [1.29, 1.82) is 0 Å². The van der Waals surface area contributed by atoms with Crippen molar-refractivity contribution in [1.82, 2.24) is 18.8 Å². The van der Waals surface area contributed by atoms with Crippen molar-refractivity contribution >= 4 is 17.7 Å². The number of aliphatic imine (C=N–C) groups is 1. The lowest BCUT2D eigenvalue weighted by Gasteiger charge is -2.42. The first-order chi connectivity index (χ1) is 15.9. The molecular weight excluding hydrogens is 418 g/mol. The van der Waals surface area contributed by atoms with Crippen LogP contribution < -0.4 is 11.1 Å². The van der Waals surface area contributed by atoms with Crippen molar-refractivity contribution in [3.8, 4) is 5.69 Å². The fourth-order valence-corrected chi connectivity index (χ4v) is 5.23. The van der Waals surface area contributed by atoms with Crippen molar-refractivity contribution < 1.29 is 4.79 Å². The van der Waals surface area contributed by atoms with Crippen LogP contribution in [0.25, 0.3) is 5.69 Å². The number of carbonyl (C=O) groups is 1. The number of para-hydroxylation sites is 1. The minimum atomic E-state index is -0.250. The maximum atomic E-state index is 13.0. The molecule has 2 bridgehead atoms. The van der Waals surface area contributed by atoms with E-state index in [4.69, 9.17) is 0 Å². The summed E-state index contributed by atoms with van der Waals surface area (Å²) in [6, 6.07) is 14.8. The van der Waals surface area contributed by atoms with Crippen LogP contribution in [0.2, 0.25) is 0 Å². The maximum Gasteiger partial charge on any atom is 0.297 e. The SMILES string of the molecule is Cc1c(N=CC(=O)CN2C[C@H]3C[C@@H](C2)c2cccc(=O)n2C3)c(=O)n(-c2ccccc2)n1C. The van der Waals surface area contributed by atoms with Crippen LogP contribution in [0, 0.1) is 12.8 Å². The summed E-state index contributed by atoms with van der Waals surface area (Å²) in [5.41, 5.74) is 2.59. The summed E-state index contributed by atoms with van der Waals surface area (Å²) in [6.07, 6.45) is 2.33. The summed E-state index contributed by atoms with van der Waals surface area (Å²) in [5, 5.41) is 0. The van der Waals surface area contributed by atoms with E-state index in [1.54, 1.807) is 22.5 Å². The second-order valence-electron chi connectivity index (χ2n) is 9.03. The average Bonchev–Trinajstić information content (AvgIpc) is 3.01. The molecule has 3 aromatic rings. The quantitative estimate of drug-likeness (QED) is 0.563. The number of nitrogens with zero attached hydrogens (tertiary/aromatic N) is 5. The zero-order valence-electron chi connectivity index (χ0n) is 18.8. The molecule has 0 unspecified atom stereocenters. The van der Waals surface area contributed by atoms with E-state index in [2.05, 4.69) is 9.89 Å². The number of likely N-dealkylation sites (tertiary alicyclic amines) is 1. The molecule has 0 saturated carbocycles. The Morgan fingerprint density at radius 1 is 1.06 bits per heavy atom. The molecule has 2 aromatic heterocycles. The summed E-state index contributed by atoms with van der Waals surface area (Å²) in [6.45, 7) is 4.30. The van der Waals surface area contributed by atoms with Crippen molar-refractivity contribution in [3.63, 3.8) is 0 Å². The van der Waals surface area contributed by atoms with Crippen molar-refractivity contribution in [2.75, 3.05) is 19.6 Å². The summed E-state index contributed by atoms with van der Waals surface area (Å²) >= 11 is 0. The Hall–Kier alpha value is -3.52. The van der Waals surface area contributed by atoms with Gasteiger partial charge in [-0.1, -0.05) is 24.3 Å². The van der Waals surface area contributed by atoms with Gasteiger partial charge in [0.15, 0.2) is 11.5 Å². The summed E-state index contributed by atoms with van der Waals surface area (Å²) in [7, 11) is 1.81. The van der Waals surface area contributed by atoms with E-state index in [1.807, 2.05) is 54.0 Å². The van der Waals surface area contributed by atoms with Gasteiger partial charge in [-0.05, 0) is 37.5 Å². The second kappa shape index (κ2) is 8.44. The molecule has 0 N–H and O–H groups in total. The number of hydrogen-bond donors (Lipinski definition) is 0. The van der Waals surface area contributed by atoms with Gasteiger partial charge in [-0.25, -0.2) is 9.67 Å². The van der Waals surface area contributed by atoms with E-state index in [0.29, 0.717) is 18.2 Å². The van der Waals surface area contributed by atoms with Crippen LogP contribution in [0.15, 0.2) is 63.1 Å². The molecule has 0 radical (unpaired) electrons. The normalized spacial score (nSPS) is 20.2. The molecule has 4 heterocycles. The zero-order valence-corrected chi connectivity index (χ0v) is 18.8. The van der Waals surface area contributed by atoms with E-state index in [1.165, 1.54) is 6.21 Å². The van der Waals surface area contributed by atoms with E-state index < -0.39 is 0 Å². The molecule has 0 spiro atoms. The van der Waals surface area contributed by atoms with Gasteiger partial charge in [0.05, 0.1) is 24.1 Å². The van der Waals surface area contributed by atoms with Gasteiger partial charge in [-0.3, -0.25) is 24.0 Å². The second-order valence-corrected chi connectivity index (χ2v) is 9.03. The van der Waals surface area contributed by atoms with E-state index in [9.17, 15) is 14.4 Å². The van der Waals surface area contributed by atoms with Gasteiger partial charge in [-0.15, -0.1) is 0 Å². The highest BCUT2D eigenvalue weighted by atomic mass is 16.1. The summed E-state index contributed by atoms with van der Waals surface area (Å²) in [4.78, 5) is 44.3. The largest absolute Gasteiger partial charge is 0.312 e. The minimum Gasteiger partial charge on any atom is -0.312 e. The number of pyridine rings is 1. The van der Waals surface area contributed by atoms with Crippen molar-refractivity contribution in [2.45, 2.75) is 25.8 Å². The molecular formula is C25H27N5O3. The first-order valence-corrected chi connectivity index (χ1v) is 11.3. The number of Topliss-reactive ketones (excluding diaryl/α,β-unsaturated/α-hetero) is 1. The third-order valence-electron chi connectivity index (χ3n) is 6.80. The zero-order chi connectivity index (χ0) is 23.1. The smallest absolute Gasteiger partial charge is 0.297 e. The fraction of sp³-hybridized carbons (Fsp3) is 0.360. The minimum absolute atomic E-state index is 0.0539. The molecule has 1 fully saturated rings. The molecule has 33 heavy (non-hydrogen) atoms. The first kappa shape index (κ1) is 21.3. The molecule has 5 rings (SSSR count). The van der Waals surface area contributed by atoms with Crippen LogP contribution in [0.1, 0.15) is 23.7 Å². The fourth-order valence-electron chi connectivity index (χ4n) is 5.23. The Morgan fingerprint density at radius 3 is 2.64 bits per heavy atom. The van der Waals surface area contributed by atoms with Crippen molar-refractivity contribution in [2.24, 2.45) is 18.0 Å². The standard InChI is InChI=1S/C25H27N5O3/c1-17-24(25(33)30(27(17)2)20-7-4-3-5-8-20)26-12-21(31)16-28-13-18-11-19(15-28)22-9-6-10-23(32)29(22)14-18/h3-10,12,18-19H,11,13-16H2,1-2H3/t18-,19+/m1/s1. The number of fused-ring (bicyclic) bond motifs is 4. The number of aromatic nitrogens is 3. The number of rotatable bonds is 5. The lowest BCUT2D eigenvalue weighted by atomic mass is 9.83. The maximum absolute atomic E-state index is 13.0. The van der Waals surface area contributed by atoms with Gasteiger partial charge in [0.25, 0.3) is 11.1 Å². The molecule has 2 aliphatic rings. The predicted molar refractivity (Wildman–Crippen MR) is 127 cm³/mol. The van der Waals surface area contributed by atoms with E-state index in [0.717, 1.165) is 30.9 Å². The average molecular weight is 446 g/mol. The molecule has 2 atom stereocenters. The highest BCUT2D eigenvalue weighted by molar-refractivity contribution is 6.29. The third-order valence-corrected chi connectivity index (χ3v) is 6.80. The number of benzene rings is 1. The molecule has 0 amide bonds. The van der Waals surface area contributed by atoms with Crippen LogP contribution in [-0.4, -0.2) is 50.5 Å². The van der Waals surface area contributed by atoms with Gasteiger partial charge in [0.2, 0.25) is 0 Å².